The molecule has 107 heavy (non-hydrogen) atoms. The molecule has 0 spiro atoms. The lowest BCUT2D eigenvalue weighted by atomic mass is 9.32. The fraction of sp³-hybridized carbons (Fsp3) is 0.564. The number of benzene rings is 4. The van der Waals surface area contributed by atoms with Crippen molar-refractivity contribution < 1.29 is 67.9 Å². The fourth-order valence-corrected chi connectivity index (χ4v) is 20.1. The van der Waals surface area contributed by atoms with Gasteiger partial charge >= 0.3 is 5.51 Å². The van der Waals surface area contributed by atoms with Gasteiger partial charge in [-0.25, -0.2) is 35.3 Å². The molecule has 5 amide bonds. The second-order valence-corrected chi connectivity index (χ2v) is 37.7. The molecule has 1 aromatic heterocycles. The number of carbonyl (C=O) groups excluding carboxylic acids is 5. The summed E-state index contributed by atoms with van der Waals surface area (Å²) in [6, 6.07) is 22.4. The number of amides is 5. The zero-order valence-electron chi connectivity index (χ0n) is 62.2. The zero-order chi connectivity index (χ0) is 77.2. The van der Waals surface area contributed by atoms with Gasteiger partial charge in [-0.2, -0.15) is 13.2 Å². The topological polar surface area (TPSA) is 251 Å². The van der Waals surface area contributed by atoms with Gasteiger partial charge < -0.3 is 40.7 Å². The van der Waals surface area contributed by atoms with Gasteiger partial charge in [0.05, 0.1) is 38.8 Å². The van der Waals surface area contributed by atoms with Crippen molar-refractivity contribution in [1.82, 2.24) is 39.9 Å². The molecule has 0 radical (unpaired) electrons. The predicted molar refractivity (Wildman–Crippen MR) is 405 cm³/mol. The molecular weight excluding hydrogens is 1460 g/mol. The van der Waals surface area contributed by atoms with E-state index in [1.54, 1.807) is 40.9 Å². The molecule has 20 nitrogen and oxygen atoms in total. The van der Waals surface area contributed by atoms with Crippen LogP contribution < -0.4 is 25.6 Å². The van der Waals surface area contributed by atoms with Crippen LogP contribution >= 0.6 is 23.1 Å². The van der Waals surface area contributed by atoms with Crippen LogP contribution in [0.5, 0.6) is 0 Å². The summed E-state index contributed by atoms with van der Waals surface area (Å²) in [7, 11) is -9.42. The molecule has 2 bridgehead atoms. The highest BCUT2D eigenvalue weighted by Gasteiger charge is 2.73. The number of nitrogens with one attached hydrogen (secondary N) is 4. The molecule has 7 aliphatic rings. The number of allylic oxidation sites excluding steroid dienone is 1. The first kappa shape index (κ1) is 81.0. The molecular formula is C78H101F5N10O10S4. The molecule has 29 heteroatoms. The average Bonchev–Trinajstić information content (AvgIpc) is 0.846. The SMILES string of the molecule is Cc1ncsc1-c1ccc([C@H](C)NC(=O)[C@@H]2C[C@@H](O)CN2C(=O)[C@@H](NC(=O)CCCCC(=O)N(C)C2CCN(CC[C@H](CSc3ccccc3)Nc3ccc(S(=O)(=O)NC(=O)c4ccc(N5CCN(CC6=C(C78CC(C(F)F)(C7)C8)CC(C)(C)CC6)CC5)cc4)cc3S(=O)(=O)C(F)(F)F)CC2)C(C)(C)C)cc1. The van der Waals surface area contributed by atoms with E-state index in [4.69, 9.17) is 0 Å². The molecule has 4 heterocycles. The number of anilines is 2. The summed E-state index contributed by atoms with van der Waals surface area (Å²) in [5.41, 5.74) is 0.258. The van der Waals surface area contributed by atoms with Crippen molar-refractivity contribution in [2.24, 2.45) is 21.7 Å². The molecule has 3 saturated heterocycles. The maximum atomic E-state index is 14.6. The van der Waals surface area contributed by atoms with Crippen LogP contribution in [0, 0.1) is 28.6 Å². The van der Waals surface area contributed by atoms with Gasteiger partial charge in [0.1, 0.15) is 17.0 Å². The van der Waals surface area contributed by atoms with Crippen molar-refractivity contribution in [2.75, 3.05) is 81.9 Å². The Bertz CT molecular complexity index is 4270. The van der Waals surface area contributed by atoms with Crippen LogP contribution in [0.1, 0.15) is 159 Å². The number of aliphatic hydroxyl groups is 1. The van der Waals surface area contributed by atoms with E-state index in [2.05, 4.69) is 49.5 Å². The summed E-state index contributed by atoms with van der Waals surface area (Å²) in [5, 5.41) is 19.7. The summed E-state index contributed by atoms with van der Waals surface area (Å²) in [4.78, 5) is 82.7. The third kappa shape index (κ3) is 18.9. The minimum Gasteiger partial charge on any atom is -0.391 e. The Hall–Kier alpha value is -7.02. The molecule has 582 valence electrons. The number of unbranched alkanes of at least 4 members (excludes halogenated alkanes) is 1. The normalized spacial score (nSPS) is 22.5. The quantitative estimate of drug-likeness (QED) is 0.0129. The third-order valence-corrected chi connectivity index (χ3v) is 27.7. The van der Waals surface area contributed by atoms with E-state index in [9.17, 15) is 67.9 Å². The first-order valence-electron chi connectivity index (χ1n) is 37.0. The Morgan fingerprint density at radius 3 is 2.12 bits per heavy atom. The summed E-state index contributed by atoms with van der Waals surface area (Å²) in [6.45, 7) is 18.8. The van der Waals surface area contributed by atoms with Gasteiger partial charge in [0.2, 0.25) is 30.1 Å². The molecule has 4 aromatic carbocycles. The number of hydrogen-bond donors (Lipinski definition) is 5. The van der Waals surface area contributed by atoms with Crippen LogP contribution in [0.3, 0.4) is 0 Å². The number of rotatable bonds is 29. The summed E-state index contributed by atoms with van der Waals surface area (Å²) in [6.07, 6.45) is 3.94. The number of thioether (sulfide) groups is 1. The van der Waals surface area contributed by atoms with Crippen LogP contribution in [-0.4, -0.2) is 190 Å². The Morgan fingerprint density at radius 1 is 0.832 bits per heavy atom. The van der Waals surface area contributed by atoms with Crippen molar-refractivity contribution in [3.05, 3.63) is 131 Å². The lowest BCUT2D eigenvalue weighted by Gasteiger charge is -2.72. The van der Waals surface area contributed by atoms with Gasteiger partial charge in [-0.1, -0.05) is 88.2 Å². The minimum atomic E-state index is -6.20. The maximum Gasteiger partial charge on any atom is 0.501 e. The number of aryl methyl sites for hydroxylation is 1. The Kier molecular flexibility index (Phi) is 24.9. The van der Waals surface area contributed by atoms with Crippen molar-refractivity contribution in [2.45, 2.75) is 201 Å². The molecule has 4 aliphatic carbocycles. The third-order valence-electron chi connectivity index (χ3n) is 22.7. The van der Waals surface area contributed by atoms with Gasteiger partial charge in [0.25, 0.3) is 25.8 Å². The predicted octanol–water partition coefficient (Wildman–Crippen LogP) is 12.4. The van der Waals surface area contributed by atoms with E-state index >= 15 is 0 Å². The van der Waals surface area contributed by atoms with Crippen molar-refractivity contribution in [3.8, 4) is 10.4 Å². The number of halogens is 5. The van der Waals surface area contributed by atoms with Gasteiger partial charge in [0.15, 0.2) is 0 Å². The maximum absolute atomic E-state index is 14.6. The highest BCUT2D eigenvalue weighted by atomic mass is 32.2. The number of nitrogens with zero attached hydrogens (tertiary/aromatic N) is 6. The molecule has 6 fully saturated rings. The number of aliphatic hydroxyl groups excluding tert-OH is 1. The minimum absolute atomic E-state index is 0.0328. The molecule has 5 aromatic rings. The number of thiazole rings is 1. The summed E-state index contributed by atoms with van der Waals surface area (Å²) in [5.74, 6) is -2.23. The lowest BCUT2D eigenvalue weighted by Crippen LogP contribution is -2.66. The van der Waals surface area contributed by atoms with E-state index in [0.717, 1.165) is 83.3 Å². The van der Waals surface area contributed by atoms with E-state index in [1.165, 1.54) is 39.9 Å². The van der Waals surface area contributed by atoms with Gasteiger partial charge in [0, 0.05) is 125 Å². The number of carbonyl (C=O) groups is 5. The average molecular weight is 1560 g/mol. The molecule has 3 aliphatic heterocycles. The highest BCUT2D eigenvalue weighted by Crippen LogP contribution is 2.79. The number of likely N-dealkylation sites (tertiary alicyclic amines) is 2. The standard InChI is InChI=1S/C78H101F5N10O10S4/c1-50(52-18-20-53(21-19-52)68-51(2)84-49-105-68)85-71(98)64-40-59(94)44-93(64)72(99)69(74(3,4)5)87-66(95)16-12-13-17-67(96)89(8)57-30-34-90(35-31-57)33-29-56(45-104-60-14-10-9-11-15-60)86-63-27-26-61(41-65(63)106(100,101)78(81,82)83)107(102,103)88-70(97)54-22-24-58(25-23-54)92-38-36-91(37-39-92)43-55-28-32-75(6,7)42-62(55)76-46-77(47-76,48-76)73(79)80/h9-11,14-15,18-27,41,49-50,56-57,59,64,69,73,86,94H,12-13,16-17,28-40,42-48H2,1-8H3,(H,85,98)(H,87,95)(H,88,97)/t50-,56+,59+,64-,69+,76?,77?/m0/s1. The van der Waals surface area contributed by atoms with Gasteiger partial charge in [-0.15, -0.1) is 23.1 Å². The number of hydrogen-bond acceptors (Lipinski definition) is 17. The zero-order valence-corrected chi connectivity index (χ0v) is 65.4. The van der Waals surface area contributed by atoms with E-state index < -0.39 is 112 Å². The molecule has 12 rings (SSSR count). The number of aromatic nitrogens is 1. The molecule has 3 saturated carbocycles. The second-order valence-electron chi connectivity index (χ2n) is 32.2. The van der Waals surface area contributed by atoms with Crippen LogP contribution in [0.15, 0.2) is 128 Å². The number of sulfonamides is 1. The van der Waals surface area contributed by atoms with Crippen LogP contribution in [0.4, 0.5) is 33.3 Å². The number of piperazine rings is 1. The number of sulfone groups is 1. The van der Waals surface area contributed by atoms with Gasteiger partial charge in [-0.05, 0) is 166 Å². The number of β-amino-alcohol motifs (C(OH)–C–C–N with tert-alkyl or cyclic N) is 1. The Morgan fingerprint density at radius 2 is 1.50 bits per heavy atom. The van der Waals surface area contributed by atoms with Gasteiger partial charge in [-0.3, -0.25) is 28.9 Å². The summed E-state index contributed by atoms with van der Waals surface area (Å²) < 4.78 is 128. The highest BCUT2D eigenvalue weighted by molar-refractivity contribution is 7.99. The fourth-order valence-electron chi connectivity index (χ4n) is 16.3. The monoisotopic (exact) mass is 1560 g/mol. The smallest absolute Gasteiger partial charge is 0.391 e. The largest absolute Gasteiger partial charge is 0.501 e. The van der Waals surface area contributed by atoms with Crippen LogP contribution in [0.2, 0.25) is 0 Å². The second kappa shape index (κ2) is 32.9. The Labute approximate surface area is 633 Å². The number of piperidine rings is 1. The summed E-state index contributed by atoms with van der Waals surface area (Å²) >= 11 is 2.94. The lowest BCUT2D eigenvalue weighted by molar-refractivity contribution is -0.250. The first-order chi connectivity index (χ1) is 50.4. The van der Waals surface area contributed by atoms with E-state index in [1.807, 2.05) is 93.9 Å². The van der Waals surface area contributed by atoms with Crippen molar-refractivity contribution in [3.63, 3.8) is 0 Å². The molecule has 5 N–H and O–H groups in total. The first-order valence-corrected chi connectivity index (χ1v) is 41.9. The van der Waals surface area contributed by atoms with Crippen LogP contribution in [0.25, 0.3) is 10.4 Å². The van der Waals surface area contributed by atoms with Crippen molar-refractivity contribution in [1.29, 1.82) is 0 Å². The number of alkyl halides is 5. The van der Waals surface area contributed by atoms with Crippen LogP contribution in [-0.2, 0) is 39.0 Å². The molecule has 5 atom stereocenters. The molecule has 0 unspecified atom stereocenters. The Balaban J connectivity index is 0.648. The van der Waals surface area contributed by atoms with E-state index in [0.29, 0.717) is 90.2 Å². The van der Waals surface area contributed by atoms with E-state index in [-0.39, 0.29) is 59.9 Å². The van der Waals surface area contributed by atoms with Crippen molar-refractivity contribution >= 4 is 83.9 Å².